The molecular weight excluding hydrogens is 212 g/mol. The van der Waals surface area contributed by atoms with Gasteiger partial charge in [-0.05, 0) is 6.42 Å². The number of rotatable bonds is 8. The monoisotopic (exact) mass is 230 g/mol. The molecule has 92 valence electrons. The number of unbranched alkanes of at least 4 members (excludes halogenated alkanes) is 1. The Kier molecular flexibility index (Phi) is 8.15. The van der Waals surface area contributed by atoms with Crippen molar-refractivity contribution in [3.63, 3.8) is 0 Å². The summed E-state index contributed by atoms with van der Waals surface area (Å²) < 4.78 is 4.99. The number of carboxylic acids is 1. The lowest BCUT2D eigenvalue weighted by molar-refractivity contribution is -0.144. The Balaban J connectivity index is 4.06. The molecule has 0 aromatic rings. The molecule has 0 saturated carbocycles. The van der Waals surface area contributed by atoms with Crippen LogP contribution in [-0.4, -0.2) is 34.9 Å². The van der Waals surface area contributed by atoms with E-state index in [0.29, 0.717) is 12.8 Å². The molecule has 2 N–H and O–H groups in total. The molecule has 0 aliphatic heterocycles. The van der Waals surface area contributed by atoms with E-state index in [1.807, 2.05) is 6.92 Å². The molecule has 0 saturated heterocycles. The maximum Gasteiger partial charge on any atom is 0.331 e. The summed E-state index contributed by atoms with van der Waals surface area (Å²) in [5.41, 5.74) is 0. The number of carbonyl (C=O) groups is 2. The molecule has 1 unspecified atom stereocenters. The summed E-state index contributed by atoms with van der Waals surface area (Å²) in [6.45, 7) is 1.96. The van der Waals surface area contributed by atoms with E-state index in [2.05, 4.69) is 0 Å². The van der Waals surface area contributed by atoms with Gasteiger partial charge in [-0.1, -0.05) is 19.8 Å². The lowest BCUT2D eigenvalue weighted by Crippen LogP contribution is -2.18. The molecule has 0 heterocycles. The zero-order valence-electron chi connectivity index (χ0n) is 9.39. The zero-order valence-corrected chi connectivity index (χ0v) is 9.39. The third kappa shape index (κ3) is 7.99. The summed E-state index contributed by atoms with van der Waals surface area (Å²) in [5.74, 6) is -1.87. The third-order valence-corrected chi connectivity index (χ3v) is 1.98. The minimum absolute atomic E-state index is 0.0513. The van der Waals surface area contributed by atoms with Gasteiger partial charge in [0.2, 0.25) is 0 Å². The average molecular weight is 230 g/mol. The topological polar surface area (TPSA) is 83.8 Å². The van der Waals surface area contributed by atoms with Gasteiger partial charge in [0, 0.05) is 25.2 Å². The molecule has 5 heteroatoms. The molecule has 16 heavy (non-hydrogen) atoms. The van der Waals surface area contributed by atoms with Crippen LogP contribution in [0.3, 0.4) is 0 Å². The molecule has 0 rings (SSSR count). The van der Waals surface area contributed by atoms with Crippen molar-refractivity contribution in [2.75, 3.05) is 6.61 Å². The second-order valence-corrected chi connectivity index (χ2v) is 3.38. The summed E-state index contributed by atoms with van der Waals surface area (Å²) in [4.78, 5) is 21.3. The van der Waals surface area contributed by atoms with Crippen LogP contribution in [0.25, 0.3) is 0 Å². The molecule has 5 nitrogen and oxygen atoms in total. The van der Waals surface area contributed by atoms with Crippen molar-refractivity contribution >= 4 is 11.9 Å². The fourth-order valence-electron chi connectivity index (χ4n) is 1.18. The SMILES string of the molecule is CCCCC(CCO)OC(=O)C=CC(=O)O. The van der Waals surface area contributed by atoms with Gasteiger partial charge in [0.05, 0.1) is 0 Å². The Morgan fingerprint density at radius 1 is 1.31 bits per heavy atom. The van der Waals surface area contributed by atoms with Crippen LogP contribution >= 0.6 is 0 Å². The van der Waals surface area contributed by atoms with Crippen LogP contribution in [0.4, 0.5) is 0 Å². The second kappa shape index (κ2) is 8.91. The first-order valence-electron chi connectivity index (χ1n) is 5.32. The quantitative estimate of drug-likeness (QED) is 0.482. The zero-order chi connectivity index (χ0) is 12.4. The van der Waals surface area contributed by atoms with Gasteiger partial charge < -0.3 is 14.9 Å². The highest BCUT2D eigenvalue weighted by molar-refractivity contribution is 5.90. The summed E-state index contributed by atoms with van der Waals surface area (Å²) >= 11 is 0. The van der Waals surface area contributed by atoms with E-state index in [0.717, 1.165) is 25.0 Å². The molecule has 0 spiro atoms. The maximum absolute atomic E-state index is 11.1. The number of esters is 1. The summed E-state index contributed by atoms with van der Waals surface area (Å²) in [6, 6.07) is 0. The van der Waals surface area contributed by atoms with Crippen molar-refractivity contribution in [1.29, 1.82) is 0 Å². The fraction of sp³-hybridized carbons (Fsp3) is 0.636. The number of aliphatic hydroxyl groups is 1. The van der Waals surface area contributed by atoms with E-state index in [-0.39, 0.29) is 12.7 Å². The van der Waals surface area contributed by atoms with Crippen molar-refractivity contribution in [3.05, 3.63) is 12.2 Å². The first-order valence-corrected chi connectivity index (χ1v) is 5.32. The second-order valence-electron chi connectivity index (χ2n) is 3.38. The molecule has 0 radical (unpaired) electrons. The van der Waals surface area contributed by atoms with Crippen LogP contribution in [0.2, 0.25) is 0 Å². The van der Waals surface area contributed by atoms with Crippen LogP contribution in [0.5, 0.6) is 0 Å². The first kappa shape index (κ1) is 14.6. The summed E-state index contributed by atoms with van der Waals surface area (Å²) in [7, 11) is 0. The van der Waals surface area contributed by atoms with E-state index < -0.39 is 11.9 Å². The molecule has 0 aliphatic rings. The Bertz CT molecular complexity index is 247. The van der Waals surface area contributed by atoms with Gasteiger partial charge in [0.1, 0.15) is 6.10 Å². The molecule has 0 aromatic heterocycles. The molecule has 0 aromatic carbocycles. The molecule has 0 bridgehead atoms. The highest BCUT2D eigenvalue weighted by atomic mass is 16.5. The number of hydrogen-bond donors (Lipinski definition) is 2. The predicted octanol–water partition coefficient (Wildman–Crippen LogP) is 1.11. The minimum Gasteiger partial charge on any atom is -0.478 e. The van der Waals surface area contributed by atoms with Gasteiger partial charge in [0.25, 0.3) is 0 Å². The highest BCUT2D eigenvalue weighted by Gasteiger charge is 2.11. The summed E-state index contributed by atoms with van der Waals surface area (Å²) in [6.07, 6.45) is 4.22. The minimum atomic E-state index is -1.19. The number of hydrogen-bond acceptors (Lipinski definition) is 4. The number of carboxylic acid groups (broad SMARTS) is 1. The molecule has 0 fully saturated rings. The van der Waals surface area contributed by atoms with Crippen molar-refractivity contribution in [3.8, 4) is 0 Å². The lowest BCUT2D eigenvalue weighted by Gasteiger charge is -2.15. The van der Waals surface area contributed by atoms with E-state index in [1.54, 1.807) is 0 Å². The van der Waals surface area contributed by atoms with Crippen molar-refractivity contribution < 1.29 is 24.5 Å². The van der Waals surface area contributed by atoms with Crippen molar-refractivity contribution in [2.45, 2.75) is 38.7 Å². The van der Waals surface area contributed by atoms with Crippen LogP contribution in [-0.2, 0) is 14.3 Å². The summed E-state index contributed by atoms with van der Waals surface area (Å²) in [5, 5.41) is 17.1. The number of aliphatic carboxylic acids is 1. The van der Waals surface area contributed by atoms with Gasteiger partial charge in [-0.25, -0.2) is 9.59 Å². The van der Waals surface area contributed by atoms with Crippen LogP contribution in [0, 0.1) is 0 Å². The van der Waals surface area contributed by atoms with Crippen molar-refractivity contribution in [1.82, 2.24) is 0 Å². The standard InChI is InChI=1S/C11H18O5/c1-2-3-4-9(7-8-12)16-11(15)6-5-10(13)14/h5-6,9,12H,2-4,7-8H2,1H3,(H,13,14). The van der Waals surface area contributed by atoms with Gasteiger partial charge >= 0.3 is 11.9 Å². The Morgan fingerprint density at radius 2 is 2.00 bits per heavy atom. The van der Waals surface area contributed by atoms with Crippen molar-refractivity contribution in [2.24, 2.45) is 0 Å². The number of carbonyl (C=O) groups excluding carboxylic acids is 1. The highest BCUT2D eigenvalue weighted by Crippen LogP contribution is 2.09. The van der Waals surface area contributed by atoms with Gasteiger partial charge in [-0.2, -0.15) is 0 Å². The fourth-order valence-corrected chi connectivity index (χ4v) is 1.18. The lowest BCUT2D eigenvalue weighted by atomic mass is 10.1. The third-order valence-electron chi connectivity index (χ3n) is 1.98. The van der Waals surface area contributed by atoms with E-state index in [1.165, 1.54) is 0 Å². The maximum atomic E-state index is 11.1. The Hall–Kier alpha value is -1.36. The van der Waals surface area contributed by atoms with E-state index in [4.69, 9.17) is 14.9 Å². The van der Waals surface area contributed by atoms with E-state index >= 15 is 0 Å². The van der Waals surface area contributed by atoms with Crippen LogP contribution < -0.4 is 0 Å². The van der Waals surface area contributed by atoms with Gasteiger partial charge in [0.15, 0.2) is 0 Å². The molecule has 1 atom stereocenters. The van der Waals surface area contributed by atoms with Gasteiger partial charge in [-0.15, -0.1) is 0 Å². The smallest absolute Gasteiger partial charge is 0.331 e. The molecule has 0 amide bonds. The van der Waals surface area contributed by atoms with Gasteiger partial charge in [-0.3, -0.25) is 0 Å². The number of aliphatic hydroxyl groups excluding tert-OH is 1. The van der Waals surface area contributed by atoms with E-state index in [9.17, 15) is 9.59 Å². The first-order chi connectivity index (χ1) is 7.60. The molecule has 0 aliphatic carbocycles. The average Bonchev–Trinajstić information content (AvgIpc) is 2.23. The Morgan fingerprint density at radius 3 is 2.50 bits per heavy atom. The normalized spacial score (nSPS) is 12.6. The largest absolute Gasteiger partial charge is 0.478 e. The van der Waals surface area contributed by atoms with Crippen LogP contribution in [0.1, 0.15) is 32.6 Å². The Labute approximate surface area is 94.7 Å². The molecular formula is C11H18O5. The van der Waals surface area contributed by atoms with Crippen LogP contribution in [0.15, 0.2) is 12.2 Å². The number of ether oxygens (including phenoxy) is 1. The predicted molar refractivity (Wildman–Crippen MR) is 57.9 cm³/mol.